The molecule has 1 aliphatic rings. The first-order valence-electron chi connectivity index (χ1n) is 9.09. The first-order chi connectivity index (χ1) is 13.4. The molecular weight excluding hydrogens is 401 g/mol. The molecule has 1 aliphatic heterocycles. The summed E-state index contributed by atoms with van der Waals surface area (Å²) in [6, 6.07) is 12.7. The largest absolute Gasteiger partial charge is 0.480 e. The number of aliphatic carboxylic acids is 1. The van der Waals surface area contributed by atoms with E-state index in [0.29, 0.717) is 22.9 Å². The summed E-state index contributed by atoms with van der Waals surface area (Å²) in [7, 11) is 0. The lowest BCUT2D eigenvalue weighted by Crippen LogP contribution is -2.53. The Kier molecular flexibility index (Phi) is 6.60. The number of benzene rings is 2. The van der Waals surface area contributed by atoms with Crippen LogP contribution in [0.25, 0.3) is 0 Å². The zero-order valence-corrected chi connectivity index (χ0v) is 16.9. The molecule has 3 unspecified atom stereocenters. The summed E-state index contributed by atoms with van der Waals surface area (Å²) in [6.45, 7) is 1.72. The van der Waals surface area contributed by atoms with Crippen LogP contribution in [-0.4, -0.2) is 34.5 Å². The Morgan fingerprint density at radius 1 is 1.11 bits per heavy atom. The number of nitrogens with zero attached hydrogens (tertiary/aromatic N) is 1. The van der Waals surface area contributed by atoms with Crippen molar-refractivity contribution in [3.63, 3.8) is 0 Å². The second-order valence-corrected chi connectivity index (χ2v) is 7.60. The smallest absolute Gasteiger partial charge is 0.326 e. The number of carbonyl (C=O) groups is 2. The van der Waals surface area contributed by atoms with Crippen LogP contribution in [0, 0.1) is 0 Å². The standard InChI is InChI=1S/C21H21Cl2NO4/c1-2-3-17(21(26)27)24-18(25)12-28-20(14-6-10-16(23)11-7-14)19(24)13-4-8-15(22)9-5-13/h4-11,17,19-20H,2-3,12H2,1H3,(H,26,27). The molecule has 2 aromatic carbocycles. The van der Waals surface area contributed by atoms with Crippen molar-refractivity contribution >= 4 is 35.1 Å². The van der Waals surface area contributed by atoms with E-state index in [-0.39, 0.29) is 12.5 Å². The maximum Gasteiger partial charge on any atom is 0.326 e. The van der Waals surface area contributed by atoms with Crippen LogP contribution in [0.15, 0.2) is 48.5 Å². The van der Waals surface area contributed by atoms with Gasteiger partial charge in [-0.1, -0.05) is 60.8 Å². The molecule has 0 bridgehead atoms. The molecular formula is C21H21Cl2NO4. The number of rotatable bonds is 6. The fourth-order valence-electron chi connectivity index (χ4n) is 3.58. The van der Waals surface area contributed by atoms with Crippen LogP contribution in [-0.2, 0) is 14.3 Å². The lowest BCUT2D eigenvalue weighted by atomic mass is 9.91. The van der Waals surface area contributed by atoms with Crippen LogP contribution in [0.1, 0.15) is 43.0 Å². The number of ether oxygens (including phenoxy) is 1. The van der Waals surface area contributed by atoms with E-state index in [2.05, 4.69) is 0 Å². The molecule has 0 aromatic heterocycles. The molecule has 1 amide bonds. The number of hydrogen-bond donors (Lipinski definition) is 1. The van der Waals surface area contributed by atoms with Crippen molar-refractivity contribution < 1.29 is 19.4 Å². The van der Waals surface area contributed by atoms with Crippen molar-refractivity contribution in [2.24, 2.45) is 0 Å². The van der Waals surface area contributed by atoms with Crippen LogP contribution in [0.5, 0.6) is 0 Å². The molecule has 1 saturated heterocycles. The molecule has 3 rings (SSSR count). The molecule has 0 saturated carbocycles. The Morgan fingerprint density at radius 2 is 1.64 bits per heavy atom. The quantitative estimate of drug-likeness (QED) is 0.720. The summed E-state index contributed by atoms with van der Waals surface area (Å²) >= 11 is 12.0. The van der Waals surface area contributed by atoms with E-state index in [4.69, 9.17) is 27.9 Å². The van der Waals surface area contributed by atoms with Gasteiger partial charge >= 0.3 is 5.97 Å². The van der Waals surface area contributed by atoms with Crippen molar-refractivity contribution in [2.45, 2.75) is 38.0 Å². The number of hydrogen-bond acceptors (Lipinski definition) is 3. The zero-order chi connectivity index (χ0) is 20.3. The maximum atomic E-state index is 12.8. The Labute approximate surface area is 173 Å². The molecule has 148 valence electrons. The van der Waals surface area contributed by atoms with Crippen molar-refractivity contribution in [1.82, 2.24) is 4.90 Å². The average Bonchev–Trinajstić information content (AvgIpc) is 2.67. The summed E-state index contributed by atoms with van der Waals surface area (Å²) in [5.41, 5.74) is 1.59. The molecule has 1 heterocycles. The number of halogens is 2. The second kappa shape index (κ2) is 8.95. The molecule has 5 nitrogen and oxygen atoms in total. The molecule has 3 atom stereocenters. The highest BCUT2D eigenvalue weighted by Gasteiger charge is 2.44. The molecule has 1 fully saturated rings. The third-order valence-corrected chi connectivity index (χ3v) is 5.36. The van der Waals surface area contributed by atoms with E-state index in [1.165, 1.54) is 4.90 Å². The van der Waals surface area contributed by atoms with Gasteiger partial charge in [-0.15, -0.1) is 0 Å². The topological polar surface area (TPSA) is 66.8 Å². The van der Waals surface area contributed by atoms with Gasteiger partial charge in [-0.25, -0.2) is 4.79 Å². The third-order valence-electron chi connectivity index (χ3n) is 4.85. The molecule has 0 spiro atoms. The van der Waals surface area contributed by atoms with Gasteiger partial charge in [0.05, 0.1) is 6.04 Å². The van der Waals surface area contributed by atoms with Crippen LogP contribution in [0.3, 0.4) is 0 Å². The molecule has 28 heavy (non-hydrogen) atoms. The first-order valence-corrected chi connectivity index (χ1v) is 9.84. The van der Waals surface area contributed by atoms with E-state index in [9.17, 15) is 14.7 Å². The summed E-state index contributed by atoms with van der Waals surface area (Å²) in [5.74, 6) is -1.36. The minimum absolute atomic E-state index is 0.176. The fourth-order valence-corrected chi connectivity index (χ4v) is 3.83. The van der Waals surface area contributed by atoms with Crippen molar-refractivity contribution in [3.05, 3.63) is 69.7 Å². The lowest BCUT2D eigenvalue weighted by molar-refractivity contribution is -0.171. The van der Waals surface area contributed by atoms with E-state index >= 15 is 0 Å². The Balaban J connectivity index is 2.11. The minimum Gasteiger partial charge on any atom is -0.480 e. The van der Waals surface area contributed by atoms with Crippen LogP contribution >= 0.6 is 23.2 Å². The molecule has 0 aliphatic carbocycles. The van der Waals surface area contributed by atoms with Gasteiger partial charge in [-0.3, -0.25) is 4.79 Å². The third kappa shape index (κ3) is 4.32. The highest BCUT2D eigenvalue weighted by Crippen LogP contribution is 2.42. The SMILES string of the molecule is CCCC(C(=O)O)N1C(=O)COC(c2ccc(Cl)cc2)C1c1ccc(Cl)cc1. The summed E-state index contributed by atoms with van der Waals surface area (Å²) in [5, 5.41) is 11.0. The molecule has 7 heteroatoms. The van der Waals surface area contributed by atoms with Gasteiger partial charge in [-0.2, -0.15) is 0 Å². The average molecular weight is 422 g/mol. The number of carboxylic acid groups (broad SMARTS) is 1. The fraction of sp³-hybridized carbons (Fsp3) is 0.333. The Bertz CT molecular complexity index is 838. The Hall–Kier alpha value is -2.08. The molecule has 0 radical (unpaired) electrons. The summed E-state index contributed by atoms with van der Waals surface area (Å²) in [4.78, 5) is 26.2. The van der Waals surface area contributed by atoms with E-state index in [0.717, 1.165) is 11.1 Å². The van der Waals surface area contributed by atoms with Crippen LogP contribution in [0.2, 0.25) is 10.0 Å². The van der Waals surface area contributed by atoms with Gasteiger partial charge in [0.25, 0.3) is 0 Å². The van der Waals surface area contributed by atoms with Crippen molar-refractivity contribution in [2.75, 3.05) is 6.61 Å². The van der Waals surface area contributed by atoms with Gasteiger partial charge in [0, 0.05) is 10.0 Å². The molecule has 2 aromatic rings. The van der Waals surface area contributed by atoms with Crippen molar-refractivity contribution in [3.8, 4) is 0 Å². The maximum absolute atomic E-state index is 12.8. The second-order valence-electron chi connectivity index (χ2n) is 6.72. The number of morpholine rings is 1. The van der Waals surface area contributed by atoms with Crippen LogP contribution in [0.4, 0.5) is 0 Å². The van der Waals surface area contributed by atoms with Gasteiger partial charge in [0.2, 0.25) is 5.91 Å². The predicted octanol–water partition coefficient (Wildman–Crippen LogP) is 4.89. The van der Waals surface area contributed by atoms with Gasteiger partial charge < -0.3 is 14.7 Å². The van der Waals surface area contributed by atoms with Crippen molar-refractivity contribution in [1.29, 1.82) is 0 Å². The number of carbonyl (C=O) groups excluding carboxylic acids is 1. The van der Waals surface area contributed by atoms with Gasteiger partial charge in [0.1, 0.15) is 18.8 Å². The highest BCUT2D eigenvalue weighted by molar-refractivity contribution is 6.30. The first kappa shape index (κ1) is 20.6. The van der Waals surface area contributed by atoms with Gasteiger partial charge in [-0.05, 0) is 41.8 Å². The Morgan fingerprint density at radius 3 is 2.14 bits per heavy atom. The van der Waals surface area contributed by atoms with Gasteiger partial charge in [0.15, 0.2) is 0 Å². The van der Waals surface area contributed by atoms with E-state index in [1.54, 1.807) is 36.4 Å². The normalized spacial score (nSPS) is 20.8. The highest BCUT2D eigenvalue weighted by atomic mass is 35.5. The van der Waals surface area contributed by atoms with Crippen LogP contribution < -0.4 is 0 Å². The van der Waals surface area contributed by atoms with E-state index < -0.39 is 24.2 Å². The zero-order valence-electron chi connectivity index (χ0n) is 15.3. The molecule has 1 N–H and O–H groups in total. The lowest BCUT2D eigenvalue weighted by Gasteiger charge is -2.44. The summed E-state index contributed by atoms with van der Waals surface area (Å²) < 4.78 is 5.89. The van der Waals surface area contributed by atoms with E-state index in [1.807, 2.05) is 19.1 Å². The number of amides is 1. The monoisotopic (exact) mass is 421 g/mol. The number of carboxylic acids is 1. The summed E-state index contributed by atoms with van der Waals surface area (Å²) in [6.07, 6.45) is 0.480. The predicted molar refractivity (Wildman–Crippen MR) is 108 cm³/mol. The minimum atomic E-state index is -1.02.